The van der Waals surface area contributed by atoms with E-state index in [9.17, 15) is 14.4 Å². The first kappa shape index (κ1) is 20.7. The standard InChI is InChI=1S/C21H21ClN2O5/c1-28-21(27)11-18(13-2-5-15(22)6-3-13)24-20(26)12-29-16-7-8-17-14(10-16)4-9-19(25)23-17/h2-3,5-8,10,18H,4,9,11-12H2,1H3,(H,23,25)(H,24,26)/t18-/m0/s1. The topological polar surface area (TPSA) is 93.7 Å². The summed E-state index contributed by atoms with van der Waals surface area (Å²) in [4.78, 5) is 35.5. The highest BCUT2D eigenvalue weighted by Crippen LogP contribution is 2.27. The van der Waals surface area contributed by atoms with Gasteiger partial charge in [-0.05, 0) is 47.9 Å². The Hall–Kier alpha value is -3.06. The minimum absolute atomic E-state index is 0.00982. The van der Waals surface area contributed by atoms with Crippen LogP contribution in [0.1, 0.15) is 30.0 Å². The van der Waals surface area contributed by atoms with Crippen LogP contribution in [0.15, 0.2) is 42.5 Å². The van der Waals surface area contributed by atoms with E-state index in [4.69, 9.17) is 21.1 Å². The fourth-order valence-electron chi connectivity index (χ4n) is 3.03. The lowest BCUT2D eigenvalue weighted by Crippen LogP contribution is -2.34. The smallest absolute Gasteiger partial charge is 0.307 e. The number of anilines is 1. The molecule has 2 aromatic carbocycles. The molecule has 0 unspecified atom stereocenters. The summed E-state index contributed by atoms with van der Waals surface area (Å²) in [6.45, 7) is -0.212. The maximum absolute atomic E-state index is 12.4. The highest BCUT2D eigenvalue weighted by atomic mass is 35.5. The molecule has 152 valence electrons. The van der Waals surface area contributed by atoms with E-state index >= 15 is 0 Å². The number of hydrogen-bond acceptors (Lipinski definition) is 5. The summed E-state index contributed by atoms with van der Waals surface area (Å²) in [5.74, 6) is -0.293. The maximum Gasteiger partial charge on any atom is 0.307 e. The lowest BCUT2D eigenvalue weighted by Gasteiger charge is -2.19. The Morgan fingerprint density at radius 3 is 2.66 bits per heavy atom. The lowest BCUT2D eigenvalue weighted by molar-refractivity contribution is -0.141. The van der Waals surface area contributed by atoms with E-state index in [0.29, 0.717) is 23.6 Å². The molecule has 0 radical (unpaired) electrons. The van der Waals surface area contributed by atoms with E-state index in [1.54, 1.807) is 36.4 Å². The monoisotopic (exact) mass is 416 g/mol. The van der Waals surface area contributed by atoms with E-state index < -0.39 is 12.0 Å². The van der Waals surface area contributed by atoms with Crippen molar-refractivity contribution in [3.8, 4) is 5.75 Å². The van der Waals surface area contributed by atoms with Gasteiger partial charge in [0.15, 0.2) is 6.61 Å². The molecule has 29 heavy (non-hydrogen) atoms. The number of halogens is 1. The molecule has 0 bridgehead atoms. The van der Waals surface area contributed by atoms with Gasteiger partial charge in [-0.3, -0.25) is 14.4 Å². The number of carbonyl (C=O) groups is 3. The van der Waals surface area contributed by atoms with Gasteiger partial charge >= 0.3 is 5.97 Å². The second-order valence-electron chi connectivity index (χ2n) is 6.61. The summed E-state index contributed by atoms with van der Waals surface area (Å²) in [5, 5.41) is 6.15. The van der Waals surface area contributed by atoms with E-state index in [1.807, 2.05) is 6.07 Å². The van der Waals surface area contributed by atoms with E-state index in [0.717, 1.165) is 16.8 Å². The summed E-state index contributed by atoms with van der Waals surface area (Å²) >= 11 is 5.91. The molecule has 2 N–H and O–H groups in total. The highest BCUT2D eigenvalue weighted by Gasteiger charge is 2.20. The lowest BCUT2D eigenvalue weighted by atomic mass is 10.0. The number of hydrogen-bond donors (Lipinski definition) is 2. The van der Waals surface area contributed by atoms with Crippen LogP contribution in [-0.2, 0) is 25.5 Å². The van der Waals surface area contributed by atoms with Crippen molar-refractivity contribution in [2.24, 2.45) is 0 Å². The van der Waals surface area contributed by atoms with Crippen molar-refractivity contribution in [2.75, 3.05) is 19.0 Å². The number of aryl methyl sites for hydroxylation is 1. The van der Waals surface area contributed by atoms with Crippen LogP contribution < -0.4 is 15.4 Å². The third-order valence-electron chi connectivity index (χ3n) is 4.55. The largest absolute Gasteiger partial charge is 0.484 e. The van der Waals surface area contributed by atoms with Crippen molar-refractivity contribution in [2.45, 2.75) is 25.3 Å². The molecule has 7 nitrogen and oxygen atoms in total. The molecule has 1 aliphatic rings. The molecule has 8 heteroatoms. The molecule has 0 fully saturated rings. The number of benzene rings is 2. The summed E-state index contributed by atoms with van der Waals surface area (Å²) in [6.07, 6.45) is 1.04. The van der Waals surface area contributed by atoms with Crippen LogP contribution in [0.4, 0.5) is 5.69 Å². The fraction of sp³-hybridized carbons (Fsp3) is 0.286. The fourth-order valence-corrected chi connectivity index (χ4v) is 3.16. The van der Waals surface area contributed by atoms with Gasteiger partial charge in [0.25, 0.3) is 5.91 Å². The van der Waals surface area contributed by atoms with Crippen molar-refractivity contribution < 1.29 is 23.9 Å². The SMILES string of the molecule is COC(=O)C[C@H](NC(=O)COc1ccc2c(c1)CCC(=O)N2)c1ccc(Cl)cc1. The molecule has 0 aliphatic carbocycles. The number of rotatable bonds is 7. The Morgan fingerprint density at radius 1 is 1.17 bits per heavy atom. The maximum atomic E-state index is 12.4. The number of methoxy groups -OCH3 is 1. The number of carbonyl (C=O) groups excluding carboxylic acids is 3. The highest BCUT2D eigenvalue weighted by molar-refractivity contribution is 6.30. The molecular formula is C21H21ClN2O5. The zero-order valence-corrected chi connectivity index (χ0v) is 16.6. The second kappa shape index (κ2) is 9.43. The molecule has 0 spiro atoms. The van der Waals surface area contributed by atoms with E-state index in [1.165, 1.54) is 7.11 Å². The van der Waals surface area contributed by atoms with E-state index in [-0.39, 0.29) is 24.8 Å². The van der Waals surface area contributed by atoms with Crippen LogP contribution in [0.3, 0.4) is 0 Å². The molecule has 0 saturated heterocycles. The molecule has 0 saturated carbocycles. The van der Waals surface area contributed by atoms with Crippen molar-refractivity contribution >= 4 is 35.1 Å². The number of esters is 1. The van der Waals surface area contributed by atoms with Gasteiger partial charge in [0.05, 0.1) is 19.6 Å². The van der Waals surface area contributed by atoms with Gasteiger partial charge in [0.1, 0.15) is 5.75 Å². The van der Waals surface area contributed by atoms with Gasteiger partial charge in [-0.2, -0.15) is 0 Å². The van der Waals surface area contributed by atoms with Gasteiger partial charge in [-0.25, -0.2) is 0 Å². The molecule has 2 aromatic rings. The summed E-state index contributed by atoms with van der Waals surface area (Å²) < 4.78 is 10.3. The van der Waals surface area contributed by atoms with Crippen molar-refractivity contribution in [1.82, 2.24) is 5.32 Å². The molecular weight excluding hydrogens is 396 g/mol. The van der Waals surface area contributed by atoms with Gasteiger partial charge in [0.2, 0.25) is 5.91 Å². The summed E-state index contributed by atoms with van der Waals surface area (Å²) in [6, 6.07) is 11.6. The Bertz CT molecular complexity index is 914. The predicted molar refractivity (Wildman–Crippen MR) is 108 cm³/mol. The minimum atomic E-state index is -0.561. The van der Waals surface area contributed by atoms with Crippen molar-refractivity contribution in [3.05, 3.63) is 58.6 Å². The molecule has 3 rings (SSSR count). The Morgan fingerprint density at radius 2 is 1.93 bits per heavy atom. The van der Waals surface area contributed by atoms with Crippen LogP contribution >= 0.6 is 11.6 Å². The quantitative estimate of drug-likeness (QED) is 0.677. The third-order valence-corrected chi connectivity index (χ3v) is 4.80. The molecule has 0 aromatic heterocycles. The number of amides is 2. The van der Waals surface area contributed by atoms with Crippen molar-refractivity contribution in [3.63, 3.8) is 0 Å². The van der Waals surface area contributed by atoms with Gasteiger partial charge in [0, 0.05) is 17.1 Å². The Kier molecular flexibility index (Phi) is 6.72. The van der Waals surface area contributed by atoms with Crippen LogP contribution in [0.25, 0.3) is 0 Å². The first-order valence-corrected chi connectivity index (χ1v) is 9.49. The zero-order valence-electron chi connectivity index (χ0n) is 15.9. The molecule has 1 aliphatic heterocycles. The first-order chi connectivity index (χ1) is 13.9. The number of nitrogens with one attached hydrogen (secondary N) is 2. The Balaban J connectivity index is 1.61. The molecule has 2 amide bonds. The third kappa shape index (κ3) is 5.71. The zero-order chi connectivity index (χ0) is 20.8. The van der Waals surface area contributed by atoms with Crippen LogP contribution in [0, 0.1) is 0 Å². The molecule has 1 heterocycles. The normalized spacial score (nSPS) is 13.7. The average Bonchev–Trinajstić information content (AvgIpc) is 2.72. The summed E-state index contributed by atoms with van der Waals surface area (Å²) in [7, 11) is 1.30. The van der Waals surface area contributed by atoms with Crippen LogP contribution in [0.5, 0.6) is 5.75 Å². The van der Waals surface area contributed by atoms with Gasteiger partial charge < -0.3 is 20.1 Å². The predicted octanol–water partition coefficient (Wildman–Crippen LogP) is 3.02. The molecule has 1 atom stereocenters. The second-order valence-corrected chi connectivity index (χ2v) is 7.04. The van der Waals surface area contributed by atoms with Gasteiger partial charge in [-0.1, -0.05) is 23.7 Å². The van der Waals surface area contributed by atoms with E-state index in [2.05, 4.69) is 10.6 Å². The van der Waals surface area contributed by atoms with Crippen LogP contribution in [-0.4, -0.2) is 31.5 Å². The Labute approximate surface area is 173 Å². The number of fused-ring (bicyclic) bond motifs is 1. The summed E-state index contributed by atoms with van der Waals surface area (Å²) in [5.41, 5.74) is 2.46. The van der Waals surface area contributed by atoms with Crippen LogP contribution in [0.2, 0.25) is 5.02 Å². The number of ether oxygens (including phenoxy) is 2. The minimum Gasteiger partial charge on any atom is -0.484 e. The average molecular weight is 417 g/mol. The van der Waals surface area contributed by atoms with Crippen molar-refractivity contribution in [1.29, 1.82) is 0 Å². The first-order valence-electron chi connectivity index (χ1n) is 9.12. The van der Waals surface area contributed by atoms with Gasteiger partial charge in [-0.15, -0.1) is 0 Å².